The summed E-state index contributed by atoms with van der Waals surface area (Å²) in [6, 6.07) is 7.68. The maximum absolute atomic E-state index is 13.7. The van der Waals surface area contributed by atoms with E-state index in [0.29, 0.717) is 6.04 Å². The smallest absolute Gasteiger partial charge is 0.125 e. The van der Waals surface area contributed by atoms with E-state index in [1.807, 2.05) is 12.1 Å². The number of hydrogen-bond acceptors (Lipinski definition) is 4. The van der Waals surface area contributed by atoms with E-state index >= 15 is 0 Å². The molecule has 1 aromatic rings. The Hall–Kier alpha value is -0.780. The van der Waals surface area contributed by atoms with Crippen molar-refractivity contribution in [1.29, 1.82) is 0 Å². The Morgan fingerprint density at radius 2 is 2.17 bits per heavy atom. The summed E-state index contributed by atoms with van der Waals surface area (Å²) in [6.45, 7) is 5.88. The molecule has 4 rings (SSSR count). The molecule has 2 heterocycles. The highest BCUT2D eigenvalue weighted by Crippen LogP contribution is 2.47. The first kappa shape index (κ1) is 16.7. The Morgan fingerprint density at radius 1 is 1.33 bits per heavy atom. The second kappa shape index (κ2) is 6.50. The van der Waals surface area contributed by atoms with Gasteiger partial charge in [0.2, 0.25) is 0 Å². The van der Waals surface area contributed by atoms with Crippen molar-refractivity contribution in [3.63, 3.8) is 0 Å². The van der Waals surface area contributed by atoms with E-state index in [2.05, 4.69) is 27.5 Å². The minimum atomic E-state index is -0.145. The minimum Gasteiger partial charge on any atom is -0.300 e. The summed E-state index contributed by atoms with van der Waals surface area (Å²) in [4.78, 5) is 2.70. The number of likely N-dealkylation sites (N-methyl/N-ethyl adjacent to an activating group) is 1. The monoisotopic (exact) mass is 349 g/mol. The fourth-order valence-electron chi connectivity index (χ4n) is 4.62. The average molecular weight is 350 g/mol. The van der Waals surface area contributed by atoms with Gasteiger partial charge < -0.3 is 4.90 Å². The molecule has 2 aliphatic heterocycles. The van der Waals surface area contributed by atoms with Crippen molar-refractivity contribution >= 4 is 17.8 Å². The maximum atomic E-state index is 13.7. The third kappa shape index (κ3) is 3.06. The van der Waals surface area contributed by atoms with E-state index in [1.165, 1.54) is 31.9 Å². The van der Waals surface area contributed by atoms with E-state index in [0.717, 1.165) is 37.5 Å². The van der Waals surface area contributed by atoms with Gasteiger partial charge in [0.15, 0.2) is 0 Å². The molecule has 0 bridgehead atoms. The van der Waals surface area contributed by atoms with Crippen LogP contribution in [0, 0.1) is 11.7 Å². The number of likely N-dealkylation sites (tertiary alicyclic amines) is 1. The molecule has 2 saturated heterocycles. The van der Waals surface area contributed by atoms with E-state index in [4.69, 9.17) is 0 Å². The Kier molecular flexibility index (Phi) is 4.52. The van der Waals surface area contributed by atoms with Gasteiger partial charge in [-0.25, -0.2) is 8.70 Å². The SMILES string of the molecule is C[C@H]1C[C@]2(CCN1CC1CCC1)CN(C)SN2c1cccc(F)c1. The molecule has 1 saturated carbocycles. The average Bonchev–Trinajstić information content (AvgIpc) is 2.81. The highest BCUT2D eigenvalue weighted by molar-refractivity contribution is 7.98. The van der Waals surface area contributed by atoms with Gasteiger partial charge >= 0.3 is 0 Å². The predicted molar refractivity (Wildman–Crippen MR) is 99.4 cm³/mol. The zero-order valence-corrected chi connectivity index (χ0v) is 15.6. The lowest BCUT2D eigenvalue weighted by molar-refractivity contribution is 0.0746. The molecule has 3 fully saturated rings. The Labute approximate surface area is 149 Å². The second-order valence-electron chi connectivity index (χ2n) is 7.96. The zero-order valence-electron chi connectivity index (χ0n) is 14.7. The van der Waals surface area contributed by atoms with Crippen molar-refractivity contribution in [3.8, 4) is 0 Å². The molecule has 1 aromatic carbocycles. The van der Waals surface area contributed by atoms with Crippen molar-refractivity contribution in [3.05, 3.63) is 30.1 Å². The van der Waals surface area contributed by atoms with Crippen LogP contribution < -0.4 is 4.31 Å². The third-order valence-electron chi connectivity index (χ3n) is 6.09. The molecule has 0 N–H and O–H groups in total. The summed E-state index contributed by atoms with van der Waals surface area (Å²) < 4.78 is 18.4. The van der Waals surface area contributed by atoms with Gasteiger partial charge in [-0.3, -0.25) is 4.31 Å². The van der Waals surface area contributed by atoms with Crippen molar-refractivity contribution < 1.29 is 4.39 Å². The quantitative estimate of drug-likeness (QED) is 0.758. The molecule has 3 aliphatic rings. The standard InChI is InChI=1S/C19H28FN3S/c1-15-12-19(9-10-22(15)13-16-5-3-6-16)14-21(2)24-23(19)18-8-4-7-17(20)11-18/h4,7-8,11,15-16H,3,5-6,9-10,12-14H2,1-2H3/t15-,19+/m0/s1. The molecular weight excluding hydrogens is 321 g/mol. The molecule has 0 radical (unpaired) electrons. The van der Waals surface area contributed by atoms with Crippen LogP contribution in [-0.4, -0.2) is 47.5 Å². The van der Waals surface area contributed by atoms with Gasteiger partial charge in [0.25, 0.3) is 0 Å². The Bertz CT molecular complexity index is 594. The van der Waals surface area contributed by atoms with Crippen LogP contribution in [-0.2, 0) is 0 Å². The number of rotatable bonds is 3. The highest BCUT2D eigenvalue weighted by atomic mass is 32.2. The fourth-order valence-corrected chi connectivity index (χ4v) is 5.80. The normalized spacial score (nSPS) is 32.5. The van der Waals surface area contributed by atoms with Crippen LogP contribution in [0.25, 0.3) is 0 Å². The molecule has 24 heavy (non-hydrogen) atoms. The van der Waals surface area contributed by atoms with Crippen LogP contribution in [0.1, 0.15) is 39.0 Å². The van der Waals surface area contributed by atoms with Gasteiger partial charge in [-0.2, -0.15) is 0 Å². The molecule has 2 atom stereocenters. The molecule has 132 valence electrons. The van der Waals surface area contributed by atoms with Crippen LogP contribution in [0.2, 0.25) is 0 Å². The molecule has 5 heteroatoms. The molecule has 1 spiro atoms. The van der Waals surface area contributed by atoms with Crippen molar-refractivity contribution in [2.24, 2.45) is 5.92 Å². The maximum Gasteiger partial charge on any atom is 0.125 e. The van der Waals surface area contributed by atoms with Crippen molar-refractivity contribution in [2.75, 3.05) is 31.0 Å². The Morgan fingerprint density at radius 3 is 2.83 bits per heavy atom. The summed E-state index contributed by atoms with van der Waals surface area (Å²) in [7, 11) is 2.15. The largest absolute Gasteiger partial charge is 0.300 e. The topological polar surface area (TPSA) is 9.72 Å². The summed E-state index contributed by atoms with van der Waals surface area (Å²) in [5.41, 5.74) is 1.13. The molecule has 0 amide bonds. The number of nitrogens with zero attached hydrogens (tertiary/aromatic N) is 3. The van der Waals surface area contributed by atoms with E-state index < -0.39 is 0 Å². The minimum absolute atomic E-state index is 0.128. The van der Waals surface area contributed by atoms with Gasteiger partial charge in [-0.05, 0) is 63.8 Å². The second-order valence-corrected chi connectivity index (χ2v) is 9.11. The Balaban J connectivity index is 1.52. The molecular formula is C19H28FN3S. The van der Waals surface area contributed by atoms with Crippen LogP contribution in [0.3, 0.4) is 0 Å². The first-order chi connectivity index (χ1) is 11.6. The first-order valence-electron chi connectivity index (χ1n) is 9.25. The lowest BCUT2D eigenvalue weighted by Crippen LogP contribution is -2.57. The van der Waals surface area contributed by atoms with Crippen LogP contribution in [0.5, 0.6) is 0 Å². The van der Waals surface area contributed by atoms with Crippen LogP contribution in [0.4, 0.5) is 10.1 Å². The highest BCUT2D eigenvalue weighted by Gasteiger charge is 2.49. The predicted octanol–water partition coefficient (Wildman–Crippen LogP) is 4.16. The summed E-state index contributed by atoms with van der Waals surface area (Å²) in [5, 5.41) is 0. The molecule has 0 unspecified atom stereocenters. The number of anilines is 1. The van der Waals surface area contributed by atoms with Gasteiger partial charge in [0.05, 0.1) is 11.2 Å². The van der Waals surface area contributed by atoms with Gasteiger partial charge in [0.1, 0.15) is 5.82 Å². The zero-order chi connectivity index (χ0) is 16.7. The number of piperidine rings is 1. The number of halogens is 1. The van der Waals surface area contributed by atoms with Gasteiger partial charge in [-0.1, -0.05) is 12.5 Å². The summed E-state index contributed by atoms with van der Waals surface area (Å²) in [5.74, 6) is 0.787. The van der Waals surface area contributed by atoms with E-state index in [9.17, 15) is 4.39 Å². The number of hydrogen-bond donors (Lipinski definition) is 0. The van der Waals surface area contributed by atoms with Crippen LogP contribution in [0.15, 0.2) is 24.3 Å². The van der Waals surface area contributed by atoms with Crippen LogP contribution >= 0.6 is 12.1 Å². The molecule has 1 aliphatic carbocycles. The number of benzene rings is 1. The molecule has 0 aromatic heterocycles. The first-order valence-corrected chi connectivity index (χ1v) is 9.98. The third-order valence-corrected chi connectivity index (χ3v) is 7.26. The van der Waals surface area contributed by atoms with Gasteiger partial charge in [0, 0.05) is 37.8 Å². The van der Waals surface area contributed by atoms with Crippen molar-refractivity contribution in [2.45, 2.75) is 50.6 Å². The lowest BCUT2D eigenvalue weighted by Gasteiger charge is -2.48. The van der Waals surface area contributed by atoms with E-state index in [-0.39, 0.29) is 11.4 Å². The summed E-state index contributed by atoms with van der Waals surface area (Å²) >= 11 is 1.75. The fraction of sp³-hybridized carbons (Fsp3) is 0.684. The summed E-state index contributed by atoms with van der Waals surface area (Å²) in [6.07, 6.45) is 6.59. The van der Waals surface area contributed by atoms with Gasteiger partial charge in [-0.15, -0.1) is 0 Å². The molecule has 3 nitrogen and oxygen atoms in total. The van der Waals surface area contributed by atoms with Crippen molar-refractivity contribution in [1.82, 2.24) is 9.21 Å². The lowest BCUT2D eigenvalue weighted by atomic mass is 9.80. The van der Waals surface area contributed by atoms with E-state index in [1.54, 1.807) is 18.2 Å².